The molecule has 7 nitrogen and oxygen atoms in total. The highest BCUT2D eigenvalue weighted by Crippen LogP contribution is 2.32. The van der Waals surface area contributed by atoms with Gasteiger partial charge in [-0.05, 0) is 31.6 Å². The van der Waals surface area contributed by atoms with E-state index in [2.05, 4.69) is 27.8 Å². The molecule has 104 valence electrons. The molecule has 0 bridgehead atoms. The molecule has 1 aromatic rings. The average molecular weight is 266 g/mol. The van der Waals surface area contributed by atoms with Gasteiger partial charge in [0.15, 0.2) is 0 Å². The Hall–Kier alpha value is -2.05. The monoisotopic (exact) mass is 266 g/mol. The number of aromatic nitrogens is 2. The predicted octanol–water partition coefficient (Wildman–Crippen LogP) is 1.56. The van der Waals surface area contributed by atoms with E-state index in [1.54, 1.807) is 0 Å². The number of carboxylic acids is 1. The number of carbonyl (C=O) groups is 2. The zero-order chi connectivity index (χ0) is 13.9. The molecule has 1 aliphatic carbocycles. The molecule has 1 saturated carbocycles. The van der Waals surface area contributed by atoms with E-state index in [1.165, 1.54) is 12.4 Å². The summed E-state index contributed by atoms with van der Waals surface area (Å²) in [6, 6.07) is -0.515. The number of hydrogen-bond acceptors (Lipinski definition) is 3. The van der Waals surface area contributed by atoms with Crippen molar-refractivity contribution in [3.63, 3.8) is 0 Å². The molecule has 7 heteroatoms. The summed E-state index contributed by atoms with van der Waals surface area (Å²) >= 11 is 0. The molecule has 0 atom stereocenters. The molecule has 1 fully saturated rings. The number of H-pyrrole nitrogens is 1. The minimum Gasteiger partial charge on any atom is -0.480 e. The molecule has 1 heterocycles. The van der Waals surface area contributed by atoms with Crippen LogP contribution < -0.4 is 10.6 Å². The van der Waals surface area contributed by atoms with Gasteiger partial charge in [-0.25, -0.2) is 9.59 Å². The third kappa shape index (κ3) is 3.04. The van der Waals surface area contributed by atoms with Crippen molar-refractivity contribution in [2.75, 3.05) is 5.32 Å². The second-order valence-corrected chi connectivity index (χ2v) is 5.14. The van der Waals surface area contributed by atoms with Crippen molar-refractivity contribution in [3.05, 3.63) is 12.4 Å². The first-order valence-electron chi connectivity index (χ1n) is 6.33. The number of amides is 2. The Morgan fingerprint density at radius 1 is 1.47 bits per heavy atom. The molecule has 1 aliphatic rings. The van der Waals surface area contributed by atoms with Gasteiger partial charge < -0.3 is 15.7 Å². The number of nitrogens with one attached hydrogen (secondary N) is 3. The van der Waals surface area contributed by atoms with Gasteiger partial charge in [-0.2, -0.15) is 5.10 Å². The molecule has 2 amide bonds. The normalized spacial score (nSPS) is 26.7. The highest BCUT2D eigenvalue weighted by Gasteiger charge is 2.42. The Balaban J connectivity index is 2.01. The third-order valence-corrected chi connectivity index (χ3v) is 3.65. The highest BCUT2D eigenvalue weighted by atomic mass is 16.4. The Morgan fingerprint density at radius 3 is 2.68 bits per heavy atom. The predicted molar refractivity (Wildman–Crippen MR) is 68.7 cm³/mol. The molecule has 1 aromatic heterocycles. The largest absolute Gasteiger partial charge is 0.480 e. The van der Waals surface area contributed by atoms with E-state index in [4.69, 9.17) is 0 Å². The van der Waals surface area contributed by atoms with E-state index < -0.39 is 17.5 Å². The number of hydrogen-bond donors (Lipinski definition) is 4. The lowest BCUT2D eigenvalue weighted by Crippen LogP contribution is -2.57. The van der Waals surface area contributed by atoms with Crippen LogP contribution in [0.4, 0.5) is 10.5 Å². The maximum Gasteiger partial charge on any atom is 0.329 e. The molecule has 0 spiro atoms. The van der Waals surface area contributed by atoms with Gasteiger partial charge >= 0.3 is 12.0 Å². The van der Waals surface area contributed by atoms with Crippen LogP contribution in [0.1, 0.15) is 32.6 Å². The molecule has 0 unspecified atom stereocenters. The highest BCUT2D eigenvalue weighted by molar-refractivity contribution is 5.93. The van der Waals surface area contributed by atoms with Gasteiger partial charge in [-0.3, -0.25) is 5.10 Å². The summed E-state index contributed by atoms with van der Waals surface area (Å²) in [6.07, 6.45) is 5.51. The summed E-state index contributed by atoms with van der Waals surface area (Å²) in [5.74, 6) is -0.465. The van der Waals surface area contributed by atoms with Crippen LogP contribution in [0.2, 0.25) is 0 Å². The molecular formula is C12H18N4O3. The van der Waals surface area contributed by atoms with Gasteiger partial charge in [0.25, 0.3) is 0 Å². The van der Waals surface area contributed by atoms with Crippen molar-refractivity contribution in [3.8, 4) is 0 Å². The quantitative estimate of drug-likeness (QED) is 0.666. The summed E-state index contributed by atoms with van der Waals surface area (Å²) in [5, 5.41) is 20.8. The third-order valence-electron chi connectivity index (χ3n) is 3.65. The van der Waals surface area contributed by atoms with Crippen molar-refractivity contribution in [2.45, 2.75) is 38.1 Å². The van der Waals surface area contributed by atoms with Gasteiger partial charge in [-0.1, -0.05) is 6.92 Å². The van der Waals surface area contributed by atoms with Crippen LogP contribution >= 0.6 is 0 Å². The van der Waals surface area contributed by atoms with Crippen molar-refractivity contribution in [1.82, 2.24) is 15.5 Å². The van der Waals surface area contributed by atoms with Crippen LogP contribution in [-0.4, -0.2) is 32.8 Å². The van der Waals surface area contributed by atoms with E-state index in [0.717, 1.165) is 12.8 Å². The first kappa shape index (κ1) is 13.4. The molecule has 0 aromatic carbocycles. The molecule has 2 rings (SSSR count). The smallest absolute Gasteiger partial charge is 0.329 e. The first-order valence-corrected chi connectivity index (χ1v) is 6.33. The van der Waals surface area contributed by atoms with E-state index >= 15 is 0 Å². The molecular weight excluding hydrogens is 248 g/mol. The lowest BCUT2D eigenvalue weighted by atomic mass is 9.77. The minimum atomic E-state index is -1.15. The number of nitrogens with zero attached hydrogens (tertiary/aromatic N) is 1. The van der Waals surface area contributed by atoms with Gasteiger partial charge in [0.2, 0.25) is 0 Å². The number of anilines is 1. The summed E-state index contributed by atoms with van der Waals surface area (Å²) in [4.78, 5) is 23.3. The van der Waals surface area contributed by atoms with Crippen LogP contribution in [0, 0.1) is 5.92 Å². The molecule has 0 saturated heterocycles. The second kappa shape index (κ2) is 5.29. The van der Waals surface area contributed by atoms with Crippen LogP contribution in [-0.2, 0) is 4.79 Å². The summed E-state index contributed by atoms with van der Waals surface area (Å²) in [5.41, 5.74) is -0.650. The number of carboxylic acid groups (broad SMARTS) is 1. The minimum absolute atomic E-state index is 0.461. The van der Waals surface area contributed by atoms with Crippen molar-refractivity contribution in [2.24, 2.45) is 5.92 Å². The SMILES string of the molecule is CC1CCC(NC(=O)Nc2cn[nH]c2)(C(=O)O)CC1. The Morgan fingerprint density at radius 2 is 2.16 bits per heavy atom. The second-order valence-electron chi connectivity index (χ2n) is 5.14. The van der Waals surface area contributed by atoms with E-state index in [1.807, 2.05) is 0 Å². The van der Waals surface area contributed by atoms with Crippen molar-refractivity contribution >= 4 is 17.7 Å². The van der Waals surface area contributed by atoms with Gasteiger partial charge in [-0.15, -0.1) is 0 Å². The maximum atomic E-state index is 11.8. The molecule has 4 N–H and O–H groups in total. The summed E-state index contributed by atoms with van der Waals surface area (Å²) in [6.45, 7) is 2.09. The number of rotatable bonds is 3. The summed E-state index contributed by atoms with van der Waals surface area (Å²) < 4.78 is 0. The van der Waals surface area contributed by atoms with Gasteiger partial charge in [0.1, 0.15) is 5.54 Å². The lowest BCUT2D eigenvalue weighted by molar-refractivity contribution is -0.146. The number of aromatic amines is 1. The number of urea groups is 1. The van der Waals surface area contributed by atoms with Crippen LogP contribution in [0.5, 0.6) is 0 Å². The van der Waals surface area contributed by atoms with Crippen LogP contribution in [0.15, 0.2) is 12.4 Å². The first-order chi connectivity index (χ1) is 9.02. The fraction of sp³-hybridized carbons (Fsp3) is 0.583. The van der Waals surface area contributed by atoms with E-state index in [-0.39, 0.29) is 0 Å². The average Bonchev–Trinajstić information content (AvgIpc) is 2.84. The van der Waals surface area contributed by atoms with Crippen molar-refractivity contribution < 1.29 is 14.7 Å². The van der Waals surface area contributed by atoms with E-state index in [9.17, 15) is 14.7 Å². The van der Waals surface area contributed by atoms with Crippen LogP contribution in [0.25, 0.3) is 0 Å². The van der Waals surface area contributed by atoms with Gasteiger partial charge in [0, 0.05) is 6.20 Å². The standard InChI is InChI=1S/C12H18N4O3/c1-8-2-4-12(5-3-8,10(17)18)16-11(19)15-9-6-13-14-7-9/h6-8H,2-5H2,1H3,(H,13,14)(H,17,18)(H2,15,16,19). The molecule has 19 heavy (non-hydrogen) atoms. The van der Waals surface area contributed by atoms with E-state index in [0.29, 0.717) is 24.4 Å². The molecule has 0 radical (unpaired) electrons. The topological polar surface area (TPSA) is 107 Å². The van der Waals surface area contributed by atoms with Crippen LogP contribution in [0.3, 0.4) is 0 Å². The summed E-state index contributed by atoms with van der Waals surface area (Å²) in [7, 11) is 0. The maximum absolute atomic E-state index is 11.8. The Kier molecular flexibility index (Phi) is 3.73. The lowest BCUT2D eigenvalue weighted by Gasteiger charge is -2.36. The zero-order valence-electron chi connectivity index (χ0n) is 10.8. The Labute approximate surface area is 110 Å². The van der Waals surface area contributed by atoms with Crippen molar-refractivity contribution in [1.29, 1.82) is 0 Å². The number of carbonyl (C=O) groups excluding carboxylic acids is 1. The van der Waals surface area contributed by atoms with Gasteiger partial charge in [0.05, 0.1) is 11.9 Å². The fourth-order valence-electron chi connectivity index (χ4n) is 2.35. The Bertz CT molecular complexity index is 450. The zero-order valence-corrected chi connectivity index (χ0v) is 10.8. The molecule has 0 aliphatic heterocycles. The number of aliphatic carboxylic acids is 1. The fourth-order valence-corrected chi connectivity index (χ4v) is 2.35.